The molecule has 0 saturated heterocycles. The van der Waals surface area contributed by atoms with Crippen molar-refractivity contribution in [3.05, 3.63) is 95.6 Å². The van der Waals surface area contributed by atoms with Crippen molar-refractivity contribution >= 4 is 27.5 Å². The van der Waals surface area contributed by atoms with Crippen molar-refractivity contribution < 1.29 is 18.0 Å². The van der Waals surface area contributed by atoms with Crippen molar-refractivity contribution in [2.45, 2.75) is 70.0 Å². The van der Waals surface area contributed by atoms with Crippen molar-refractivity contribution in [3.8, 4) is 0 Å². The van der Waals surface area contributed by atoms with Crippen LogP contribution in [0.3, 0.4) is 0 Å². The van der Waals surface area contributed by atoms with Crippen molar-refractivity contribution in [2.75, 3.05) is 10.8 Å². The average molecular weight is 548 g/mol. The molecule has 0 bridgehead atoms. The summed E-state index contributed by atoms with van der Waals surface area (Å²) in [5.41, 5.74) is 3.06. The molecule has 0 spiro atoms. The zero-order valence-electron chi connectivity index (χ0n) is 22.8. The van der Waals surface area contributed by atoms with Gasteiger partial charge >= 0.3 is 0 Å². The van der Waals surface area contributed by atoms with Gasteiger partial charge in [-0.15, -0.1) is 0 Å². The van der Waals surface area contributed by atoms with E-state index in [4.69, 9.17) is 0 Å². The lowest BCUT2D eigenvalue weighted by Crippen LogP contribution is -2.52. The van der Waals surface area contributed by atoms with Gasteiger partial charge in [-0.2, -0.15) is 0 Å². The first-order chi connectivity index (χ1) is 18.7. The van der Waals surface area contributed by atoms with E-state index in [-0.39, 0.29) is 23.4 Å². The summed E-state index contributed by atoms with van der Waals surface area (Å²) in [5, 5.41) is 3.10. The summed E-state index contributed by atoms with van der Waals surface area (Å²) in [4.78, 5) is 28.9. The Kier molecular flexibility index (Phi) is 9.07. The van der Waals surface area contributed by atoms with Crippen LogP contribution >= 0.6 is 0 Å². The standard InChI is InChI=1S/C31H37N3O4S/c1-23-12-11-14-26(20-23)21-33(25(3)31(36)32-27-15-8-9-16-27)30(35)22-34(29-19-10-7-13-24(29)2)39(37,38)28-17-5-4-6-18-28/h4-7,10-14,17-20,25,27H,8-9,15-16,21-22H2,1-3H3,(H,32,36)/t25-/m0/s1. The molecule has 39 heavy (non-hydrogen) atoms. The number of benzene rings is 3. The van der Waals surface area contributed by atoms with Gasteiger partial charge in [-0.25, -0.2) is 8.42 Å². The molecule has 1 N–H and O–H groups in total. The van der Waals surface area contributed by atoms with E-state index in [1.807, 2.05) is 50.2 Å². The van der Waals surface area contributed by atoms with Gasteiger partial charge in [-0.1, -0.05) is 79.1 Å². The van der Waals surface area contributed by atoms with Crippen molar-refractivity contribution in [1.82, 2.24) is 10.2 Å². The Morgan fingerprint density at radius 1 is 0.923 bits per heavy atom. The molecule has 1 aliphatic carbocycles. The molecule has 7 nitrogen and oxygen atoms in total. The van der Waals surface area contributed by atoms with Crippen molar-refractivity contribution in [1.29, 1.82) is 0 Å². The van der Waals surface area contributed by atoms with E-state index >= 15 is 0 Å². The van der Waals surface area contributed by atoms with Crippen molar-refractivity contribution in [2.24, 2.45) is 0 Å². The number of carbonyl (C=O) groups excluding carboxylic acids is 2. The fraction of sp³-hybridized carbons (Fsp3) is 0.355. The smallest absolute Gasteiger partial charge is 0.264 e. The average Bonchev–Trinajstić information content (AvgIpc) is 3.44. The number of rotatable bonds is 10. The number of nitrogens with zero attached hydrogens (tertiary/aromatic N) is 2. The minimum absolute atomic E-state index is 0.0957. The Balaban J connectivity index is 1.69. The van der Waals surface area contributed by atoms with Crippen LogP contribution < -0.4 is 9.62 Å². The SMILES string of the molecule is Cc1cccc(CN(C(=O)CN(c2ccccc2C)S(=O)(=O)c2ccccc2)[C@@H](C)C(=O)NC2CCCC2)c1. The molecular formula is C31H37N3O4S. The van der Waals surface area contributed by atoms with Crippen LogP contribution in [0.25, 0.3) is 0 Å². The molecule has 1 atom stereocenters. The Bertz CT molecular complexity index is 1400. The lowest BCUT2D eigenvalue weighted by atomic mass is 10.1. The maximum atomic E-state index is 14.0. The second-order valence-electron chi connectivity index (χ2n) is 10.3. The molecule has 1 aliphatic rings. The van der Waals surface area contributed by atoms with Gasteiger partial charge in [-0.3, -0.25) is 13.9 Å². The predicted octanol–water partition coefficient (Wildman–Crippen LogP) is 4.97. The second kappa shape index (κ2) is 12.5. The molecule has 0 heterocycles. The zero-order chi connectivity index (χ0) is 28.0. The second-order valence-corrected chi connectivity index (χ2v) is 12.2. The number of amides is 2. The molecule has 3 aromatic carbocycles. The quantitative estimate of drug-likeness (QED) is 0.388. The van der Waals surface area contributed by atoms with Crippen LogP contribution in [0.4, 0.5) is 5.69 Å². The van der Waals surface area contributed by atoms with E-state index in [9.17, 15) is 18.0 Å². The number of aryl methyl sites for hydroxylation is 2. The highest BCUT2D eigenvalue weighted by molar-refractivity contribution is 7.92. The molecular weight excluding hydrogens is 510 g/mol. The lowest BCUT2D eigenvalue weighted by molar-refractivity contribution is -0.139. The summed E-state index contributed by atoms with van der Waals surface area (Å²) in [6, 6.07) is 22.3. The molecule has 8 heteroatoms. The molecule has 0 aromatic heterocycles. The van der Waals surface area contributed by atoms with E-state index < -0.39 is 28.5 Å². The highest BCUT2D eigenvalue weighted by Gasteiger charge is 2.33. The third-order valence-corrected chi connectivity index (χ3v) is 9.07. The summed E-state index contributed by atoms with van der Waals surface area (Å²) >= 11 is 0. The third-order valence-electron chi connectivity index (χ3n) is 7.30. The van der Waals surface area contributed by atoms with Gasteiger partial charge in [0.05, 0.1) is 10.6 Å². The fourth-order valence-corrected chi connectivity index (χ4v) is 6.56. The van der Waals surface area contributed by atoms with Gasteiger partial charge in [0, 0.05) is 12.6 Å². The lowest BCUT2D eigenvalue weighted by Gasteiger charge is -2.33. The van der Waals surface area contributed by atoms with Crippen LogP contribution in [-0.2, 0) is 26.2 Å². The minimum atomic E-state index is -4.06. The number of hydrogen-bond acceptors (Lipinski definition) is 4. The summed E-state index contributed by atoms with van der Waals surface area (Å²) in [6.07, 6.45) is 4.02. The van der Waals surface area contributed by atoms with Crippen LogP contribution in [0.2, 0.25) is 0 Å². The van der Waals surface area contributed by atoms with E-state index in [0.29, 0.717) is 5.69 Å². The van der Waals surface area contributed by atoms with Crippen LogP contribution in [-0.4, -0.2) is 43.8 Å². The number of sulfonamides is 1. The molecule has 1 fully saturated rings. The number of anilines is 1. The Morgan fingerprint density at radius 3 is 2.26 bits per heavy atom. The largest absolute Gasteiger partial charge is 0.352 e. The molecule has 0 unspecified atom stereocenters. The Labute approximate surface area is 231 Å². The zero-order valence-corrected chi connectivity index (χ0v) is 23.7. The van der Waals surface area contributed by atoms with E-state index in [1.165, 1.54) is 17.0 Å². The summed E-state index contributed by atoms with van der Waals surface area (Å²) in [6.45, 7) is 5.25. The fourth-order valence-electron chi connectivity index (χ4n) is 5.06. The normalized spacial score (nSPS) is 14.5. The molecule has 206 valence electrons. The molecule has 4 rings (SSSR count). The number of carbonyl (C=O) groups is 2. The van der Waals surface area contributed by atoms with Gasteiger partial charge in [0.2, 0.25) is 11.8 Å². The Hall–Kier alpha value is -3.65. The van der Waals surface area contributed by atoms with Crippen LogP contribution in [0.1, 0.15) is 49.3 Å². The van der Waals surface area contributed by atoms with Crippen LogP contribution in [0.15, 0.2) is 83.8 Å². The molecule has 0 aliphatic heterocycles. The number of nitrogens with one attached hydrogen (secondary N) is 1. The molecule has 0 radical (unpaired) electrons. The molecule has 3 aromatic rings. The maximum absolute atomic E-state index is 14.0. The maximum Gasteiger partial charge on any atom is 0.264 e. The first kappa shape index (κ1) is 28.4. The highest BCUT2D eigenvalue weighted by atomic mass is 32.2. The third kappa shape index (κ3) is 6.87. The summed E-state index contributed by atoms with van der Waals surface area (Å²) in [5.74, 6) is -0.676. The van der Waals surface area contributed by atoms with Crippen molar-refractivity contribution in [3.63, 3.8) is 0 Å². The van der Waals surface area contributed by atoms with Gasteiger partial charge in [-0.05, 0) is 62.9 Å². The monoisotopic (exact) mass is 547 g/mol. The van der Waals surface area contributed by atoms with Gasteiger partial charge < -0.3 is 10.2 Å². The van der Waals surface area contributed by atoms with Crippen LogP contribution in [0.5, 0.6) is 0 Å². The number of para-hydroxylation sites is 1. The first-order valence-corrected chi connectivity index (χ1v) is 14.9. The number of hydrogen-bond donors (Lipinski definition) is 1. The topological polar surface area (TPSA) is 86.8 Å². The summed E-state index contributed by atoms with van der Waals surface area (Å²) < 4.78 is 28.9. The Morgan fingerprint density at radius 2 is 1.59 bits per heavy atom. The minimum Gasteiger partial charge on any atom is -0.352 e. The first-order valence-electron chi connectivity index (χ1n) is 13.5. The summed E-state index contributed by atoms with van der Waals surface area (Å²) in [7, 11) is -4.06. The predicted molar refractivity (Wildman–Crippen MR) is 154 cm³/mol. The van der Waals surface area contributed by atoms with Gasteiger partial charge in [0.25, 0.3) is 10.0 Å². The van der Waals surface area contributed by atoms with E-state index in [2.05, 4.69) is 5.32 Å². The van der Waals surface area contributed by atoms with Gasteiger partial charge in [0.1, 0.15) is 12.6 Å². The molecule has 2 amide bonds. The highest BCUT2D eigenvalue weighted by Crippen LogP contribution is 2.27. The van der Waals surface area contributed by atoms with Crippen LogP contribution in [0, 0.1) is 13.8 Å². The molecule has 1 saturated carbocycles. The van der Waals surface area contributed by atoms with E-state index in [1.54, 1.807) is 37.3 Å². The van der Waals surface area contributed by atoms with Gasteiger partial charge in [0.15, 0.2) is 0 Å². The van der Waals surface area contributed by atoms with E-state index in [0.717, 1.165) is 46.7 Å².